The molecule has 1 unspecified atom stereocenters. The predicted octanol–water partition coefficient (Wildman–Crippen LogP) is 2.09. The van der Waals surface area contributed by atoms with Crippen LogP contribution >= 0.6 is 0 Å². The Morgan fingerprint density at radius 2 is 1.74 bits per heavy atom. The van der Waals surface area contributed by atoms with Gasteiger partial charge in [-0.3, -0.25) is 14.6 Å². The zero-order valence-corrected chi connectivity index (χ0v) is 16.7. The number of carboxylic acids is 1. The summed E-state index contributed by atoms with van der Waals surface area (Å²) < 4.78 is 5.18. The second kappa shape index (κ2) is 9.19. The fourth-order valence-electron chi connectivity index (χ4n) is 3.05. The highest BCUT2D eigenvalue weighted by atomic mass is 16.6. The molecule has 0 aromatic heterocycles. The Morgan fingerprint density at radius 1 is 1.15 bits per heavy atom. The molecule has 1 amide bonds. The highest BCUT2D eigenvalue weighted by Gasteiger charge is 2.29. The maximum absolute atomic E-state index is 11.8. The van der Waals surface area contributed by atoms with Crippen LogP contribution in [-0.2, 0) is 16.1 Å². The summed E-state index contributed by atoms with van der Waals surface area (Å²) in [4.78, 5) is 27.7. The first-order valence-corrected chi connectivity index (χ1v) is 9.35. The molecular formula is C20H31N3O4. The van der Waals surface area contributed by atoms with Gasteiger partial charge in [0.1, 0.15) is 11.6 Å². The zero-order chi connectivity index (χ0) is 20.0. The lowest BCUT2D eigenvalue weighted by Gasteiger charge is -2.37. The highest BCUT2D eigenvalue weighted by molar-refractivity contribution is 5.75. The van der Waals surface area contributed by atoms with Crippen LogP contribution < -0.4 is 5.32 Å². The Labute approximate surface area is 161 Å². The Bertz CT molecular complexity index is 632. The standard InChI is InChI=1S/C20H31N3O4/c1-15-5-7-16(8-6-15)14-22-9-11-23(12-10-22)17(18(24)25)13-21-19(26)27-20(2,3)4/h5-8,17H,9-14H2,1-4H3,(H,21,26)(H,24,25). The van der Waals surface area contributed by atoms with Gasteiger partial charge < -0.3 is 15.2 Å². The van der Waals surface area contributed by atoms with Crippen LogP contribution in [0, 0.1) is 6.92 Å². The van der Waals surface area contributed by atoms with Gasteiger partial charge in [0.15, 0.2) is 0 Å². The van der Waals surface area contributed by atoms with Crippen LogP contribution in [0.4, 0.5) is 4.79 Å². The molecule has 0 bridgehead atoms. The van der Waals surface area contributed by atoms with E-state index in [1.807, 2.05) is 4.90 Å². The molecule has 150 valence electrons. The number of rotatable bonds is 6. The number of carbonyl (C=O) groups is 2. The maximum Gasteiger partial charge on any atom is 0.407 e. The molecule has 27 heavy (non-hydrogen) atoms. The Hall–Kier alpha value is -2.12. The first-order valence-electron chi connectivity index (χ1n) is 9.35. The van der Waals surface area contributed by atoms with Crippen molar-refractivity contribution in [2.75, 3.05) is 32.7 Å². The number of ether oxygens (including phenoxy) is 1. The van der Waals surface area contributed by atoms with E-state index >= 15 is 0 Å². The minimum absolute atomic E-state index is 0.0300. The summed E-state index contributed by atoms with van der Waals surface area (Å²) in [6, 6.07) is 7.72. The summed E-state index contributed by atoms with van der Waals surface area (Å²) in [6.07, 6.45) is -0.591. The van der Waals surface area contributed by atoms with E-state index in [1.165, 1.54) is 11.1 Å². The monoisotopic (exact) mass is 377 g/mol. The van der Waals surface area contributed by atoms with Crippen molar-refractivity contribution in [1.29, 1.82) is 0 Å². The first-order chi connectivity index (χ1) is 12.6. The molecule has 1 heterocycles. The van der Waals surface area contributed by atoms with Gasteiger partial charge in [-0.25, -0.2) is 4.79 Å². The van der Waals surface area contributed by atoms with Crippen LogP contribution in [0.5, 0.6) is 0 Å². The number of benzene rings is 1. The highest BCUT2D eigenvalue weighted by Crippen LogP contribution is 2.12. The number of carbonyl (C=O) groups excluding carboxylic acids is 1. The number of amides is 1. The van der Waals surface area contributed by atoms with Crippen LogP contribution in [0.15, 0.2) is 24.3 Å². The van der Waals surface area contributed by atoms with E-state index in [9.17, 15) is 14.7 Å². The number of alkyl carbamates (subject to hydrolysis) is 1. The number of nitrogens with one attached hydrogen (secondary N) is 1. The molecule has 7 nitrogen and oxygen atoms in total. The SMILES string of the molecule is Cc1ccc(CN2CCN(C(CNC(=O)OC(C)(C)C)C(=O)O)CC2)cc1. The molecule has 1 aliphatic heterocycles. The predicted molar refractivity (Wildman–Crippen MR) is 104 cm³/mol. The number of aryl methyl sites for hydroxylation is 1. The Morgan fingerprint density at radius 3 is 2.26 bits per heavy atom. The normalized spacial score (nSPS) is 17.3. The summed E-state index contributed by atoms with van der Waals surface area (Å²) in [5.41, 5.74) is 1.89. The third kappa shape index (κ3) is 7.19. The van der Waals surface area contributed by atoms with E-state index in [0.717, 1.165) is 19.6 Å². The molecule has 1 saturated heterocycles. The smallest absolute Gasteiger partial charge is 0.407 e. The summed E-state index contributed by atoms with van der Waals surface area (Å²) in [5.74, 6) is -0.932. The van der Waals surface area contributed by atoms with E-state index in [1.54, 1.807) is 20.8 Å². The molecular weight excluding hydrogens is 346 g/mol. The van der Waals surface area contributed by atoms with Crippen LogP contribution in [0.1, 0.15) is 31.9 Å². The summed E-state index contributed by atoms with van der Waals surface area (Å²) in [5, 5.41) is 12.1. The van der Waals surface area contributed by atoms with E-state index in [4.69, 9.17) is 4.74 Å². The second-order valence-electron chi connectivity index (χ2n) is 8.03. The van der Waals surface area contributed by atoms with Gasteiger partial charge in [0.2, 0.25) is 0 Å². The van der Waals surface area contributed by atoms with Gasteiger partial charge in [-0.15, -0.1) is 0 Å². The van der Waals surface area contributed by atoms with Crippen molar-refractivity contribution in [2.24, 2.45) is 0 Å². The third-order valence-electron chi connectivity index (χ3n) is 4.50. The molecule has 1 atom stereocenters. The van der Waals surface area contributed by atoms with E-state index < -0.39 is 23.7 Å². The molecule has 1 aliphatic rings. The second-order valence-corrected chi connectivity index (χ2v) is 8.03. The molecule has 0 radical (unpaired) electrons. The average molecular weight is 377 g/mol. The number of piperazine rings is 1. The number of aliphatic carboxylic acids is 1. The molecule has 1 aromatic rings. The molecule has 0 saturated carbocycles. The van der Waals surface area contributed by atoms with Crippen molar-refractivity contribution in [2.45, 2.75) is 45.9 Å². The Balaban J connectivity index is 1.82. The van der Waals surface area contributed by atoms with Crippen molar-refractivity contribution in [3.8, 4) is 0 Å². The molecule has 7 heteroatoms. The minimum atomic E-state index is -0.932. The maximum atomic E-state index is 11.8. The van der Waals surface area contributed by atoms with Gasteiger partial charge in [-0.2, -0.15) is 0 Å². The van der Waals surface area contributed by atoms with Crippen LogP contribution in [0.25, 0.3) is 0 Å². The summed E-state index contributed by atoms with van der Waals surface area (Å²) in [6.45, 7) is 11.2. The van der Waals surface area contributed by atoms with Crippen molar-refractivity contribution in [3.05, 3.63) is 35.4 Å². The topological polar surface area (TPSA) is 82.1 Å². The van der Waals surface area contributed by atoms with Crippen molar-refractivity contribution < 1.29 is 19.4 Å². The lowest BCUT2D eigenvalue weighted by molar-refractivity contribution is -0.143. The van der Waals surface area contributed by atoms with Gasteiger partial charge in [0.05, 0.1) is 0 Å². The van der Waals surface area contributed by atoms with E-state index in [-0.39, 0.29) is 6.54 Å². The average Bonchev–Trinajstić information content (AvgIpc) is 2.56. The largest absolute Gasteiger partial charge is 0.480 e. The fourth-order valence-corrected chi connectivity index (χ4v) is 3.05. The van der Waals surface area contributed by atoms with Crippen molar-refractivity contribution in [3.63, 3.8) is 0 Å². The summed E-state index contributed by atoms with van der Waals surface area (Å²) >= 11 is 0. The van der Waals surface area contributed by atoms with Crippen molar-refractivity contribution in [1.82, 2.24) is 15.1 Å². The van der Waals surface area contributed by atoms with Gasteiger partial charge in [-0.1, -0.05) is 29.8 Å². The van der Waals surface area contributed by atoms with E-state index in [0.29, 0.717) is 13.1 Å². The third-order valence-corrected chi connectivity index (χ3v) is 4.50. The quantitative estimate of drug-likeness (QED) is 0.790. The number of hydrogen-bond acceptors (Lipinski definition) is 5. The van der Waals surface area contributed by atoms with Crippen LogP contribution in [0.3, 0.4) is 0 Å². The van der Waals surface area contributed by atoms with Crippen LogP contribution in [0.2, 0.25) is 0 Å². The lowest BCUT2D eigenvalue weighted by Crippen LogP contribution is -2.56. The number of hydrogen-bond donors (Lipinski definition) is 2. The number of nitrogens with zero attached hydrogens (tertiary/aromatic N) is 2. The minimum Gasteiger partial charge on any atom is -0.480 e. The molecule has 0 aliphatic carbocycles. The molecule has 2 rings (SSSR count). The van der Waals surface area contributed by atoms with Crippen molar-refractivity contribution >= 4 is 12.1 Å². The zero-order valence-electron chi connectivity index (χ0n) is 16.7. The number of carboxylic acid groups (broad SMARTS) is 1. The van der Waals surface area contributed by atoms with Crippen LogP contribution in [-0.4, -0.2) is 71.3 Å². The van der Waals surface area contributed by atoms with Gasteiger partial charge in [0.25, 0.3) is 0 Å². The fraction of sp³-hybridized carbons (Fsp3) is 0.600. The lowest BCUT2D eigenvalue weighted by atomic mass is 10.1. The summed E-state index contributed by atoms with van der Waals surface area (Å²) in [7, 11) is 0. The molecule has 2 N–H and O–H groups in total. The van der Waals surface area contributed by atoms with Gasteiger partial charge in [-0.05, 0) is 33.3 Å². The Kier molecular flexibility index (Phi) is 7.21. The van der Waals surface area contributed by atoms with Gasteiger partial charge >= 0.3 is 12.1 Å². The molecule has 1 aromatic carbocycles. The first kappa shape index (κ1) is 21.2. The van der Waals surface area contributed by atoms with E-state index in [2.05, 4.69) is 41.4 Å². The molecule has 1 fully saturated rings. The molecule has 0 spiro atoms. The van der Waals surface area contributed by atoms with Gasteiger partial charge in [0, 0.05) is 39.3 Å².